The van der Waals surface area contributed by atoms with E-state index in [0.29, 0.717) is 16.8 Å². The molecule has 1 atom stereocenters. The zero-order chi connectivity index (χ0) is 20.4. The Labute approximate surface area is 162 Å². The molecule has 0 saturated heterocycles. The molecule has 146 valence electrons. The average Bonchev–Trinajstić information content (AvgIpc) is 2.60. The number of anilines is 1. The molecule has 1 amide bonds. The molecule has 0 radical (unpaired) electrons. The summed E-state index contributed by atoms with van der Waals surface area (Å²) in [7, 11) is -1.91. The predicted octanol–water partition coefficient (Wildman–Crippen LogP) is 3.89. The van der Waals surface area contributed by atoms with Crippen LogP contribution < -0.4 is 9.62 Å². The van der Waals surface area contributed by atoms with Gasteiger partial charge in [-0.25, -0.2) is 8.42 Å². The summed E-state index contributed by atoms with van der Waals surface area (Å²) in [6.45, 7) is 7.91. The molecule has 1 unspecified atom stereocenters. The second-order valence-electron chi connectivity index (χ2n) is 6.96. The highest BCUT2D eigenvalue weighted by atomic mass is 32.2. The summed E-state index contributed by atoms with van der Waals surface area (Å²) in [6.07, 6.45) is 1.91. The summed E-state index contributed by atoms with van der Waals surface area (Å²) in [4.78, 5) is 12.9. The van der Waals surface area contributed by atoms with Crippen molar-refractivity contribution in [3.8, 4) is 0 Å². The molecule has 0 bridgehead atoms. The van der Waals surface area contributed by atoms with E-state index in [0.717, 1.165) is 18.2 Å². The molecule has 2 aromatic rings. The van der Waals surface area contributed by atoms with Gasteiger partial charge in [-0.3, -0.25) is 9.10 Å². The van der Waals surface area contributed by atoms with Gasteiger partial charge in [0.1, 0.15) is 0 Å². The van der Waals surface area contributed by atoms with Crippen molar-refractivity contribution in [2.24, 2.45) is 0 Å². The molecular formula is C21H28N2O3S. The summed E-state index contributed by atoms with van der Waals surface area (Å²) in [5.41, 5.74) is 5.09. The van der Waals surface area contributed by atoms with Gasteiger partial charge in [0.15, 0.2) is 0 Å². The lowest BCUT2D eigenvalue weighted by Crippen LogP contribution is -2.30. The third-order valence-corrected chi connectivity index (χ3v) is 6.23. The van der Waals surface area contributed by atoms with Gasteiger partial charge in [-0.15, -0.1) is 0 Å². The van der Waals surface area contributed by atoms with E-state index in [1.54, 1.807) is 25.1 Å². The predicted molar refractivity (Wildman–Crippen MR) is 111 cm³/mol. The largest absolute Gasteiger partial charge is 0.345 e. The molecule has 2 aromatic carbocycles. The summed E-state index contributed by atoms with van der Waals surface area (Å²) in [5.74, 6) is -0.207. The Bertz CT molecular complexity index is 952. The Morgan fingerprint density at radius 3 is 2.33 bits per heavy atom. The first-order valence-electron chi connectivity index (χ1n) is 8.97. The van der Waals surface area contributed by atoms with Crippen molar-refractivity contribution in [1.29, 1.82) is 0 Å². The van der Waals surface area contributed by atoms with Crippen LogP contribution in [0.3, 0.4) is 0 Å². The van der Waals surface area contributed by atoms with Crippen LogP contribution in [0.25, 0.3) is 0 Å². The van der Waals surface area contributed by atoms with E-state index in [4.69, 9.17) is 0 Å². The standard InChI is InChI=1S/C21H28N2O3S/c1-7-19(17-12-11-14(2)15(3)13-17)22-21(24)18-9-8-10-20(16(18)4)23(5)27(6,25)26/h8-13,19H,7H2,1-6H3,(H,22,24). The monoisotopic (exact) mass is 388 g/mol. The van der Waals surface area contributed by atoms with Crippen LogP contribution in [0.1, 0.15) is 52.0 Å². The van der Waals surface area contributed by atoms with E-state index < -0.39 is 10.0 Å². The third kappa shape index (κ3) is 4.69. The van der Waals surface area contributed by atoms with Crippen molar-refractivity contribution in [2.45, 2.75) is 40.2 Å². The average molecular weight is 389 g/mol. The van der Waals surface area contributed by atoms with Crippen LogP contribution in [0, 0.1) is 20.8 Å². The van der Waals surface area contributed by atoms with Crippen molar-refractivity contribution >= 4 is 21.6 Å². The van der Waals surface area contributed by atoms with Crippen LogP contribution in [0.4, 0.5) is 5.69 Å². The highest BCUT2D eigenvalue weighted by Gasteiger charge is 2.20. The van der Waals surface area contributed by atoms with E-state index in [2.05, 4.69) is 31.3 Å². The van der Waals surface area contributed by atoms with Crippen molar-refractivity contribution in [3.05, 3.63) is 64.2 Å². The van der Waals surface area contributed by atoms with Crippen LogP contribution in [0.2, 0.25) is 0 Å². The molecule has 0 spiro atoms. The first kappa shape index (κ1) is 21.0. The molecule has 0 aliphatic carbocycles. The van der Waals surface area contributed by atoms with Crippen molar-refractivity contribution in [3.63, 3.8) is 0 Å². The van der Waals surface area contributed by atoms with E-state index in [1.165, 1.54) is 22.5 Å². The number of carbonyl (C=O) groups excluding carboxylic acids is 1. The normalized spacial score (nSPS) is 12.5. The van der Waals surface area contributed by atoms with E-state index in [9.17, 15) is 13.2 Å². The highest BCUT2D eigenvalue weighted by Crippen LogP contribution is 2.25. The summed E-state index contributed by atoms with van der Waals surface area (Å²) < 4.78 is 24.9. The fraction of sp³-hybridized carbons (Fsp3) is 0.381. The molecule has 0 heterocycles. The minimum absolute atomic E-state index is 0.104. The van der Waals surface area contributed by atoms with Crippen molar-refractivity contribution in [2.75, 3.05) is 17.6 Å². The van der Waals surface area contributed by atoms with Gasteiger partial charge in [0, 0.05) is 12.6 Å². The maximum atomic E-state index is 12.9. The zero-order valence-corrected chi connectivity index (χ0v) is 17.6. The Kier molecular flexibility index (Phi) is 6.31. The smallest absolute Gasteiger partial charge is 0.252 e. The number of rotatable bonds is 6. The molecule has 0 fully saturated rings. The molecule has 0 aliphatic rings. The van der Waals surface area contributed by atoms with Gasteiger partial charge < -0.3 is 5.32 Å². The fourth-order valence-electron chi connectivity index (χ4n) is 3.03. The first-order chi connectivity index (χ1) is 12.6. The SMILES string of the molecule is CCC(NC(=O)c1cccc(N(C)S(C)(=O)=O)c1C)c1ccc(C)c(C)c1. The van der Waals surface area contributed by atoms with Gasteiger partial charge in [-0.2, -0.15) is 0 Å². The number of nitrogens with one attached hydrogen (secondary N) is 1. The molecule has 0 aromatic heterocycles. The summed E-state index contributed by atoms with van der Waals surface area (Å²) in [6, 6.07) is 11.2. The van der Waals surface area contributed by atoms with Gasteiger partial charge in [0.2, 0.25) is 10.0 Å². The number of carbonyl (C=O) groups is 1. The number of nitrogens with zero attached hydrogens (tertiary/aromatic N) is 1. The highest BCUT2D eigenvalue weighted by molar-refractivity contribution is 7.92. The minimum atomic E-state index is -3.40. The number of benzene rings is 2. The van der Waals surface area contributed by atoms with Crippen molar-refractivity contribution in [1.82, 2.24) is 5.32 Å². The van der Waals surface area contributed by atoms with Gasteiger partial charge in [0.05, 0.1) is 18.0 Å². The lowest BCUT2D eigenvalue weighted by molar-refractivity contribution is 0.0935. The number of sulfonamides is 1. The summed E-state index contributed by atoms with van der Waals surface area (Å²) >= 11 is 0. The third-order valence-electron chi connectivity index (χ3n) is 5.03. The van der Waals surface area contributed by atoms with Crippen LogP contribution in [0.15, 0.2) is 36.4 Å². The molecular weight excluding hydrogens is 360 g/mol. The number of hydrogen-bond donors (Lipinski definition) is 1. The van der Waals surface area contributed by atoms with Crippen LogP contribution in [-0.4, -0.2) is 27.6 Å². The molecule has 1 N–H and O–H groups in total. The number of amides is 1. The Morgan fingerprint density at radius 1 is 1.11 bits per heavy atom. The maximum absolute atomic E-state index is 12.9. The first-order valence-corrected chi connectivity index (χ1v) is 10.8. The molecule has 27 heavy (non-hydrogen) atoms. The van der Waals surface area contributed by atoms with Crippen molar-refractivity contribution < 1.29 is 13.2 Å². The van der Waals surface area contributed by atoms with Crippen LogP contribution in [-0.2, 0) is 10.0 Å². The molecule has 6 heteroatoms. The molecule has 0 aliphatic heterocycles. The van der Waals surface area contributed by atoms with Gasteiger partial charge in [-0.1, -0.05) is 31.2 Å². The second kappa shape index (κ2) is 8.13. The Morgan fingerprint density at radius 2 is 1.78 bits per heavy atom. The lowest BCUT2D eigenvalue weighted by atomic mass is 9.98. The van der Waals surface area contributed by atoms with Gasteiger partial charge >= 0.3 is 0 Å². The molecule has 2 rings (SSSR count). The lowest BCUT2D eigenvalue weighted by Gasteiger charge is -2.22. The van der Waals surface area contributed by atoms with Gasteiger partial charge in [-0.05, 0) is 61.6 Å². The second-order valence-corrected chi connectivity index (χ2v) is 8.97. The topological polar surface area (TPSA) is 66.5 Å². The van der Waals surface area contributed by atoms with E-state index >= 15 is 0 Å². The summed E-state index contributed by atoms with van der Waals surface area (Å²) in [5, 5.41) is 3.08. The quantitative estimate of drug-likeness (QED) is 0.816. The van der Waals surface area contributed by atoms with Crippen LogP contribution >= 0.6 is 0 Å². The Hall–Kier alpha value is -2.34. The maximum Gasteiger partial charge on any atom is 0.252 e. The Balaban J connectivity index is 2.33. The number of hydrogen-bond acceptors (Lipinski definition) is 3. The van der Waals surface area contributed by atoms with Crippen LogP contribution in [0.5, 0.6) is 0 Å². The van der Waals surface area contributed by atoms with Gasteiger partial charge in [0.25, 0.3) is 5.91 Å². The fourth-order valence-corrected chi connectivity index (χ4v) is 3.58. The van der Waals surface area contributed by atoms with E-state index in [1.807, 2.05) is 13.0 Å². The number of aryl methyl sites for hydroxylation is 2. The van der Waals surface area contributed by atoms with E-state index in [-0.39, 0.29) is 11.9 Å². The molecule has 5 nitrogen and oxygen atoms in total. The minimum Gasteiger partial charge on any atom is -0.345 e. The zero-order valence-electron chi connectivity index (χ0n) is 16.8. The molecule has 0 saturated carbocycles.